The number of hydrogen-bond donors (Lipinski definition) is 2. The molecule has 1 amide bonds. The van der Waals surface area contributed by atoms with E-state index < -0.39 is 0 Å². The van der Waals surface area contributed by atoms with Gasteiger partial charge in [-0.15, -0.1) is 0 Å². The number of fused-ring (bicyclic) bond motifs is 3. The first-order chi connectivity index (χ1) is 14.1. The average Bonchev–Trinajstić information content (AvgIpc) is 3.09. The summed E-state index contributed by atoms with van der Waals surface area (Å²) in [4.78, 5) is 12.5. The van der Waals surface area contributed by atoms with Crippen LogP contribution < -0.4 is 15.4 Å². The van der Waals surface area contributed by atoms with Crippen LogP contribution in [0.4, 0.5) is 10.1 Å². The highest BCUT2D eigenvalue weighted by molar-refractivity contribution is 6.07. The summed E-state index contributed by atoms with van der Waals surface area (Å²) in [5, 5.41) is 7.78. The molecule has 0 saturated carbocycles. The Kier molecular flexibility index (Phi) is 5.18. The summed E-state index contributed by atoms with van der Waals surface area (Å²) in [5.41, 5.74) is 2.47. The minimum absolute atomic E-state index is 0.0246. The molecule has 0 aliphatic heterocycles. The van der Waals surface area contributed by atoms with E-state index in [1.54, 1.807) is 31.4 Å². The molecule has 2 N–H and O–H groups in total. The lowest BCUT2D eigenvalue weighted by Gasteiger charge is -2.15. The molecule has 5 nitrogen and oxygen atoms in total. The average molecular weight is 392 g/mol. The van der Waals surface area contributed by atoms with Crippen LogP contribution in [-0.4, -0.2) is 19.6 Å². The summed E-state index contributed by atoms with van der Waals surface area (Å²) in [7, 11) is 1.55. The van der Waals surface area contributed by atoms with Crippen LogP contribution in [0, 0.1) is 5.82 Å². The molecule has 0 fully saturated rings. The molecule has 6 heteroatoms. The summed E-state index contributed by atoms with van der Waals surface area (Å²) >= 11 is 0. The van der Waals surface area contributed by atoms with Gasteiger partial charge in [-0.2, -0.15) is 0 Å². The van der Waals surface area contributed by atoms with Crippen molar-refractivity contribution in [1.82, 2.24) is 5.32 Å². The Bertz CT molecular complexity index is 1190. The second-order valence-corrected chi connectivity index (χ2v) is 6.82. The van der Waals surface area contributed by atoms with E-state index in [9.17, 15) is 9.18 Å². The molecule has 3 aromatic carbocycles. The Morgan fingerprint density at radius 1 is 1.07 bits per heavy atom. The number of halogens is 1. The van der Waals surface area contributed by atoms with Crippen molar-refractivity contribution < 1.29 is 18.3 Å². The SMILES string of the molecule is COc1cc2c(cc1NC(=O)CNC(C)c1ccccc1F)oc1ccccc12. The molecule has 1 heterocycles. The fourth-order valence-electron chi connectivity index (χ4n) is 3.39. The van der Waals surface area contributed by atoms with E-state index in [1.807, 2.05) is 37.3 Å². The van der Waals surface area contributed by atoms with Gasteiger partial charge in [0.1, 0.15) is 22.7 Å². The van der Waals surface area contributed by atoms with E-state index in [4.69, 9.17) is 9.15 Å². The lowest BCUT2D eigenvalue weighted by atomic mass is 10.1. The maximum atomic E-state index is 13.9. The number of hydrogen-bond acceptors (Lipinski definition) is 4. The summed E-state index contributed by atoms with van der Waals surface area (Å²) in [5.74, 6) is -0.0218. The number of amides is 1. The maximum absolute atomic E-state index is 13.9. The number of carbonyl (C=O) groups is 1. The molecule has 29 heavy (non-hydrogen) atoms. The zero-order valence-corrected chi connectivity index (χ0v) is 16.2. The van der Waals surface area contributed by atoms with Crippen LogP contribution >= 0.6 is 0 Å². The van der Waals surface area contributed by atoms with Crippen molar-refractivity contribution in [2.24, 2.45) is 0 Å². The van der Waals surface area contributed by atoms with E-state index in [1.165, 1.54) is 6.07 Å². The van der Waals surface area contributed by atoms with Crippen molar-refractivity contribution in [3.8, 4) is 5.75 Å². The highest BCUT2D eigenvalue weighted by Crippen LogP contribution is 2.36. The predicted octanol–water partition coefficient (Wildman–Crippen LogP) is 5.02. The minimum Gasteiger partial charge on any atom is -0.495 e. The van der Waals surface area contributed by atoms with Crippen molar-refractivity contribution >= 4 is 33.5 Å². The van der Waals surface area contributed by atoms with Crippen molar-refractivity contribution in [3.63, 3.8) is 0 Å². The molecule has 1 unspecified atom stereocenters. The third-order valence-corrected chi connectivity index (χ3v) is 4.91. The van der Waals surface area contributed by atoms with E-state index in [0.29, 0.717) is 22.6 Å². The zero-order valence-electron chi connectivity index (χ0n) is 16.2. The predicted molar refractivity (Wildman–Crippen MR) is 112 cm³/mol. The molecular formula is C23H21FN2O3. The Morgan fingerprint density at radius 2 is 1.83 bits per heavy atom. The van der Waals surface area contributed by atoms with E-state index in [-0.39, 0.29) is 24.3 Å². The molecular weight excluding hydrogens is 371 g/mol. The lowest BCUT2D eigenvalue weighted by Crippen LogP contribution is -2.30. The van der Waals surface area contributed by atoms with Crippen LogP contribution in [0.2, 0.25) is 0 Å². The fraction of sp³-hybridized carbons (Fsp3) is 0.174. The number of rotatable bonds is 6. The number of carbonyl (C=O) groups excluding carboxylic acids is 1. The van der Waals surface area contributed by atoms with Crippen LogP contribution in [0.5, 0.6) is 5.75 Å². The molecule has 1 aromatic heterocycles. The first kappa shape index (κ1) is 19.0. The third-order valence-electron chi connectivity index (χ3n) is 4.91. The van der Waals surface area contributed by atoms with Gasteiger partial charge in [0.25, 0.3) is 0 Å². The van der Waals surface area contributed by atoms with Gasteiger partial charge in [0.15, 0.2) is 0 Å². The van der Waals surface area contributed by atoms with Gasteiger partial charge < -0.3 is 19.8 Å². The summed E-state index contributed by atoms with van der Waals surface area (Å²) in [6.45, 7) is 1.84. The van der Waals surface area contributed by atoms with Gasteiger partial charge in [-0.1, -0.05) is 36.4 Å². The number of methoxy groups -OCH3 is 1. The minimum atomic E-state index is -0.304. The van der Waals surface area contributed by atoms with Crippen LogP contribution in [0.15, 0.2) is 65.1 Å². The number of para-hydroxylation sites is 1. The van der Waals surface area contributed by atoms with Crippen molar-refractivity contribution in [2.45, 2.75) is 13.0 Å². The second kappa shape index (κ2) is 7.93. The maximum Gasteiger partial charge on any atom is 0.238 e. The normalized spacial score (nSPS) is 12.2. The Morgan fingerprint density at radius 3 is 2.62 bits per heavy atom. The van der Waals surface area contributed by atoms with Crippen molar-refractivity contribution in [3.05, 3.63) is 72.0 Å². The highest BCUT2D eigenvalue weighted by Gasteiger charge is 2.15. The molecule has 0 spiro atoms. The van der Waals surface area contributed by atoms with E-state index >= 15 is 0 Å². The summed E-state index contributed by atoms with van der Waals surface area (Å²) < 4.78 is 25.2. The quantitative estimate of drug-likeness (QED) is 0.483. The first-order valence-corrected chi connectivity index (χ1v) is 9.33. The number of anilines is 1. The van der Waals surface area contributed by atoms with Crippen LogP contribution in [0.25, 0.3) is 21.9 Å². The van der Waals surface area contributed by atoms with Gasteiger partial charge in [-0.3, -0.25) is 4.79 Å². The number of benzene rings is 3. The van der Waals surface area contributed by atoms with Gasteiger partial charge >= 0.3 is 0 Å². The number of nitrogens with one attached hydrogen (secondary N) is 2. The number of ether oxygens (including phenoxy) is 1. The molecule has 0 aliphatic rings. The zero-order chi connectivity index (χ0) is 20.4. The smallest absolute Gasteiger partial charge is 0.238 e. The first-order valence-electron chi connectivity index (χ1n) is 9.33. The van der Waals surface area contributed by atoms with Crippen molar-refractivity contribution in [2.75, 3.05) is 19.0 Å². The van der Waals surface area contributed by atoms with Gasteiger partial charge in [0.05, 0.1) is 19.3 Å². The number of furan rings is 1. The molecule has 0 radical (unpaired) electrons. The largest absolute Gasteiger partial charge is 0.495 e. The van der Waals surface area contributed by atoms with Crippen molar-refractivity contribution in [1.29, 1.82) is 0 Å². The van der Waals surface area contributed by atoms with Crippen LogP contribution in [-0.2, 0) is 4.79 Å². The Hall–Kier alpha value is -3.38. The molecule has 148 valence electrons. The van der Waals surface area contributed by atoms with Crippen LogP contribution in [0.1, 0.15) is 18.5 Å². The molecule has 0 saturated heterocycles. The molecule has 1 atom stereocenters. The molecule has 0 aliphatic carbocycles. The summed E-state index contributed by atoms with van der Waals surface area (Å²) in [6.07, 6.45) is 0. The second-order valence-electron chi connectivity index (χ2n) is 6.82. The highest BCUT2D eigenvalue weighted by atomic mass is 19.1. The van der Waals surface area contributed by atoms with Crippen LogP contribution in [0.3, 0.4) is 0 Å². The van der Waals surface area contributed by atoms with Gasteiger partial charge in [0, 0.05) is 28.4 Å². The van der Waals surface area contributed by atoms with Gasteiger partial charge in [0.2, 0.25) is 5.91 Å². The monoisotopic (exact) mass is 392 g/mol. The third kappa shape index (κ3) is 3.79. The lowest BCUT2D eigenvalue weighted by molar-refractivity contribution is -0.115. The summed E-state index contributed by atoms with van der Waals surface area (Å²) in [6, 6.07) is 17.5. The Balaban J connectivity index is 1.51. The van der Waals surface area contributed by atoms with E-state index in [2.05, 4.69) is 10.6 Å². The van der Waals surface area contributed by atoms with Gasteiger partial charge in [-0.05, 0) is 25.1 Å². The molecule has 4 rings (SSSR count). The standard InChI is InChI=1S/C23H21FN2O3/c1-14(15-7-3-5-9-18(15)24)25-13-23(27)26-19-12-21-17(11-22(19)28-2)16-8-4-6-10-20(16)29-21/h3-12,14,25H,13H2,1-2H3,(H,26,27). The topological polar surface area (TPSA) is 63.5 Å². The fourth-order valence-corrected chi connectivity index (χ4v) is 3.39. The van der Waals surface area contributed by atoms with E-state index in [0.717, 1.165) is 16.4 Å². The van der Waals surface area contributed by atoms with Gasteiger partial charge in [-0.25, -0.2) is 4.39 Å². The molecule has 0 bridgehead atoms. The Labute approximate surface area is 167 Å². The molecule has 4 aromatic rings.